The summed E-state index contributed by atoms with van der Waals surface area (Å²) in [4.78, 5) is 0. The molecule has 0 unspecified atom stereocenters. The first-order chi connectivity index (χ1) is 8.19. The van der Waals surface area contributed by atoms with Crippen LogP contribution in [0.4, 0.5) is 8.78 Å². The summed E-state index contributed by atoms with van der Waals surface area (Å²) in [5.41, 5.74) is 1.33. The molecule has 2 aromatic rings. The number of benzene rings is 1. The summed E-state index contributed by atoms with van der Waals surface area (Å²) in [6.07, 6.45) is 1.66. The quantitative estimate of drug-likeness (QED) is 0.793. The lowest BCUT2D eigenvalue weighted by Crippen LogP contribution is -2.02. The minimum absolute atomic E-state index is 0.0985. The second-order valence-electron chi connectivity index (χ2n) is 3.16. The number of aromatic nitrogens is 3. The monoisotopic (exact) mass is 259 g/mol. The number of halogens is 3. The van der Waals surface area contributed by atoms with Crippen LogP contribution in [0.5, 0.6) is 5.75 Å². The summed E-state index contributed by atoms with van der Waals surface area (Å²) >= 11 is 5.59. The van der Waals surface area contributed by atoms with Crippen molar-refractivity contribution in [1.82, 2.24) is 15.0 Å². The van der Waals surface area contributed by atoms with Crippen molar-refractivity contribution < 1.29 is 13.5 Å². The fraction of sp³-hybridized carbons (Fsp3) is 0.200. The van der Waals surface area contributed by atoms with Gasteiger partial charge < -0.3 is 4.74 Å². The average molecular weight is 260 g/mol. The molecule has 0 aliphatic heterocycles. The second kappa shape index (κ2) is 5.09. The van der Waals surface area contributed by atoms with Crippen molar-refractivity contribution >= 4 is 11.6 Å². The van der Waals surface area contributed by atoms with Crippen molar-refractivity contribution in [2.24, 2.45) is 0 Å². The van der Waals surface area contributed by atoms with Crippen molar-refractivity contribution in [3.63, 3.8) is 0 Å². The molecular weight excluding hydrogens is 252 g/mol. The highest BCUT2D eigenvalue weighted by Gasteiger charge is 2.05. The van der Waals surface area contributed by atoms with E-state index in [-0.39, 0.29) is 11.6 Å². The van der Waals surface area contributed by atoms with E-state index in [1.165, 1.54) is 16.8 Å². The zero-order valence-corrected chi connectivity index (χ0v) is 9.31. The molecule has 0 bridgehead atoms. The molecule has 0 aliphatic carbocycles. The Morgan fingerprint density at radius 3 is 2.53 bits per heavy atom. The molecule has 4 nitrogen and oxygen atoms in total. The number of hydrogen-bond acceptors (Lipinski definition) is 3. The Morgan fingerprint density at radius 1 is 1.29 bits per heavy atom. The zero-order valence-electron chi connectivity index (χ0n) is 8.55. The number of hydrogen-bond donors (Lipinski definition) is 0. The van der Waals surface area contributed by atoms with E-state index in [4.69, 9.17) is 11.6 Å². The molecule has 90 valence electrons. The Bertz CT molecular complexity index is 487. The molecule has 0 amide bonds. The van der Waals surface area contributed by atoms with Crippen LogP contribution in [0.25, 0.3) is 5.69 Å². The summed E-state index contributed by atoms with van der Waals surface area (Å²) in [6.45, 7) is -2.82. The third-order valence-corrected chi connectivity index (χ3v) is 2.28. The smallest absolute Gasteiger partial charge is 0.387 e. The van der Waals surface area contributed by atoms with E-state index >= 15 is 0 Å². The van der Waals surface area contributed by atoms with Crippen LogP contribution < -0.4 is 4.74 Å². The van der Waals surface area contributed by atoms with E-state index in [9.17, 15) is 8.78 Å². The third-order valence-electron chi connectivity index (χ3n) is 2.00. The Labute approximate surface area is 101 Å². The molecule has 1 aromatic carbocycles. The van der Waals surface area contributed by atoms with Crippen molar-refractivity contribution in [2.45, 2.75) is 12.5 Å². The van der Waals surface area contributed by atoms with E-state index in [0.717, 1.165) is 0 Å². The molecule has 0 saturated heterocycles. The molecule has 0 radical (unpaired) electrons. The Kier molecular flexibility index (Phi) is 3.53. The maximum absolute atomic E-state index is 11.9. The first kappa shape index (κ1) is 11.8. The Morgan fingerprint density at radius 2 is 2.00 bits per heavy atom. The summed E-state index contributed by atoms with van der Waals surface area (Å²) in [7, 11) is 0. The van der Waals surface area contributed by atoms with Gasteiger partial charge in [0.15, 0.2) is 0 Å². The molecule has 0 atom stereocenters. The molecule has 0 aliphatic rings. The van der Waals surface area contributed by atoms with Crippen molar-refractivity contribution in [3.05, 3.63) is 36.2 Å². The topological polar surface area (TPSA) is 39.9 Å². The lowest BCUT2D eigenvalue weighted by Gasteiger charge is -2.05. The maximum atomic E-state index is 11.9. The summed E-state index contributed by atoms with van der Waals surface area (Å²) in [5, 5.41) is 7.65. The average Bonchev–Trinajstić information content (AvgIpc) is 2.78. The van der Waals surface area contributed by atoms with E-state index in [1.807, 2.05) is 0 Å². The van der Waals surface area contributed by atoms with Gasteiger partial charge in [-0.1, -0.05) is 5.21 Å². The van der Waals surface area contributed by atoms with Crippen LogP contribution in [0.3, 0.4) is 0 Å². The second-order valence-corrected chi connectivity index (χ2v) is 3.43. The van der Waals surface area contributed by atoms with Crippen molar-refractivity contribution in [1.29, 1.82) is 0 Å². The Hall–Kier alpha value is -1.69. The van der Waals surface area contributed by atoms with Gasteiger partial charge in [0.2, 0.25) is 0 Å². The van der Waals surface area contributed by atoms with Crippen LogP contribution in [0, 0.1) is 0 Å². The lowest BCUT2D eigenvalue weighted by molar-refractivity contribution is -0.0498. The molecule has 0 spiro atoms. The number of rotatable bonds is 4. The van der Waals surface area contributed by atoms with Gasteiger partial charge in [-0.25, -0.2) is 4.68 Å². The van der Waals surface area contributed by atoms with Crippen LogP contribution in [-0.2, 0) is 5.88 Å². The van der Waals surface area contributed by atoms with Gasteiger partial charge in [0.1, 0.15) is 5.75 Å². The normalized spacial score (nSPS) is 10.8. The van der Waals surface area contributed by atoms with Gasteiger partial charge in [-0.2, -0.15) is 8.78 Å². The van der Waals surface area contributed by atoms with Crippen molar-refractivity contribution in [2.75, 3.05) is 0 Å². The molecule has 2 rings (SSSR count). The minimum atomic E-state index is -2.82. The van der Waals surface area contributed by atoms with Gasteiger partial charge in [0, 0.05) is 0 Å². The van der Waals surface area contributed by atoms with Gasteiger partial charge >= 0.3 is 6.61 Å². The summed E-state index contributed by atoms with van der Waals surface area (Å²) in [5.74, 6) is 0.369. The maximum Gasteiger partial charge on any atom is 0.387 e. The number of ether oxygens (including phenoxy) is 1. The van der Waals surface area contributed by atoms with Gasteiger partial charge in [-0.3, -0.25) is 0 Å². The van der Waals surface area contributed by atoms with Crippen LogP contribution in [0.15, 0.2) is 30.5 Å². The molecule has 0 fully saturated rings. The van der Waals surface area contributed by atoms with Crippen LogP contribution in [0.2, 0.25) is 0 Å². The largest absolute Gasteiger partial charge is 0.435 e. The Balaban J connectivity index is 2.17. The predicted octanol–water partition coefficient (Wildman–Crippen LogP) is 2.61. The highest BCUT2D eigenvalue weighted by molar-refractivity contribution is 6.16. The van der Waals surface area contributed by atoms with Crippen LogP contribution >= 0.6 is 11.6 Å². The zero-order chi connectivity index (χ0) is 12.3. The molecular formula is C10H8ClF2N3O. The van der Waals surface area contributed by atoms with E-state index < -0.39 is 6.61 Å². The highest BCUT2D eigenvalue weighted by atomic mass is 35.5. The standard InChI is InChI=1S/C10H8ClF2N3O/c11-5-7-6-16(15-14-7)8-1-3-9(4-2-8)17-10(12)13/h1-4,6,10H,5H2. The van der Waals surface area contributed by atoms with Gasteiger partial charge in [-0.15, -0.1) is 16.7 Å². The first-order valence-electron chi connectivity index (χ1n) is 4.71. The van der Waals surface area contributed by atoms with Crippen molar-refractivity contribution in [3.8, 4) is 11.4 Å². The third kappa shape index (κ3) is 2.91. The SMILES string of the molecule is FC(F)Oc1ccc(-n2cc(CCl)nn2)cc1. The fourth-order valence-corrected chi connectivity index (χ4v) is 1.39. The molecule has 17 heavy (non-hydrogen) atoms. The molecule has 1 aromatic heterocycles. The molecule has 7 heteroatoms. The minimum Gasteiger partial charge on any atom is -0.435 e. The molecule has 0 N–H and O–H groups in total. The van der Waals surface area contributed by atoms with Gasteiger partial charge in [-0.05, 0) is 24.3 Å². The number of nitrogens with zero attached hydrogens (tertiary/aromatic N) is 3. The van der Waals surface area contributed by atoms with E-state index in [1.54, 1.807) is 18.3 Å². The first-order valence-corrected chi connectivity index (χ1v) is 5.25. The molecule has 0 saturated carbocycles. The fourth-order valence-electron chi connectivity index (χ4n) is 1.27. The van der Waals surface area contributed by atoms with E-state index in [2.05, 4.69) is 15.0 Å². The molecule has 1 heterocycles. The van der Waals surface area contributed by atoms with Gasteiger partial charge in [0.05, 0.1) is 23.5 Å². The van der Waals surface area contributed by atoms with Crippen LogP contribution in [0.1, 0.15) is 5.69 Å². The van der Waals surface area contributed by atoms with E-state index in [0.29, 0.717) is 11.4 Å². The van der Waals surface area contributed by atoms with Gasteiger partial charge in [0.25, 0.3) is 0 Å². The summed E-state index contributed by atoms with van der Waals surface area (Å²) < 4.78 is 29.6. The highest BCUT2D eigenvalue weighted by Crippen LogP contribution is 2.17. The predicted molar refractivity (Wildman–Crippen MR) is 57.5 cm³/mol. The lowest BCUT2D eigenvalue weighted by atomic mass is 10.3. The summed E-state index contributed by atoms with van der Waals surface area (Å²) in [6, 6.07) is 6.07. The van der Waals surface area contributed by atoms with Crippen LogP contribution in [-0.4, -0.2) is 21.6 Å². The number of alkyl halides is 3.